The van der Waals surface area contributed by atoms with Gasteiger partial charge in [-0.2, -0.15) is 0 Å². The molecule has 2 rings (SSSR count). The van der Waals surface area contributed by atoms with Gasteiger partial charge in [-0.15, -0.1) is 24.0 Å². The molecule has 0 radical (unpaired) electrons. The van der Waals surface area contributed by atoms with Gasteiger partial charge in [-0.25, -0.2) is 0 Å². The number of carbonyl (C=O) groups excluding carboxylic acids is 1. The first-order valence-corrected chi connectivity index (χ1v) is 9.22. The van der Waals surface area contributed by atoms with Crippen molar-refractivity contribution in [2.45, 2.75) is 32.2 Å². The van der Waals surface area contributed by atoms with Gasteiger partial charge in [0, 0.05) is 35.7 Å². The van der Waals surface area contributed by atoms with Crippen molar-refractivity contribution >= 4 is 51.8 Å². The van der Waals surface area contributed by atoms with Crippen molar-refractivity contribution in [2.75, 3.05) is 19.6 Å². The van der Waals surface area contributed by atoms with Gasteiger partial charge in [0.05, 0.1) is 0 Å². The van der Waals surface area contributed by atoms with Crippen LogP contribution in [0.3, 0.4) is 0 Å². The van der Waals surface area contributed by atoms with E-state index in [0.717, 1.165) is 36.2 Å². The lowest BCUT2D eigenvalue weighted by atomic mass is 10.2. The lowest BCUT2D eigenvalue weighted by molar-refractivity contribution is 0.0953. The van der Waals surface area contributed by atoms with Gasteiger partial charge in [0.2, 0.25) is 0 Å². The van der Waals surface area contributed by atoms with Crippen molar-refractivity contribution in [3.63, 3.8) is 0 Å². The molecular weight excluding hydrogens is 495 g/mol. The molecular formula is C18H26BrIN4O. The molecule has 3 N–H and O–H groups in total. The Balaban J connectivity index is 0.00000312. The molecule has 0 fully saturated rings. The maximum absolute atomic E-state index is 12.0. The summed E-state index contributed by atoms with van der Waals surface area (Å²) in [6.07, 6.45) is 7.29. The van der Waals surface area contributed by atoms with E-state index in [-0.39, 0.29) is 29.9 Å². The van der Waals surface area contributed by atoms with E-state index >= 15 is 0 Å². The molecule has 1 amide bonds. The van der Waals surface area contributed by atoms with Crippen LogP contribution in [0.2, 0.25) is 0 Å². The topological polar surface area (TPSA) is 65.5 Å². The molecule has 1 aromatic carbocycles. The Morgan fingerprint density at radius 1 is 1.28 bits per heavy atom. The molecule has 0 atom stereocenters. The molecule has 0 aliphatic heterocycles. The Bertz CT molecular complexity index is 598. The van der Waals surface area contributed by atoms with Crippen molar-refractivity contribution in [3.05, 3.63) is 46.5 Å². The standard InChI is InChI=1S/C18H25BrN4O.HI/c1-2-20-18(23-16-9-3-4-10-16)22-12-6-11-21-17(24)14-7-5-8-15(19)13-14;/h3-5,7-8,13,16H,2,6,9-12H2,1H3,(H,21,24)(H2,20,22,23);1H. The third-order valence-electron chi connectivity index (χ3n) is 3.67. The van der Waals surface area contributed by atoms with Gasteiger partial charge < -0.3 is 16.0 Å². The van der Waals surface area contributed by atoms with Crippen LogP contribution in [0.25, 0.3) is 0 Å². The summed E-state index contributed by atoms with van der Waals surface area (Å²) in [5.74, 6) is 0.798. The summed E-state index contributed by atoms with van der Waals surface area (Å²) >= 11 is 3.37. The fourth-order valence-electron chi connectivity index (χ4n) is 2.45. The lowest BCUT2D eigenvalue weighted by Gasteiger charge is -2.16. The first-order chi connectivity index (χ1) is 11.7. The number of aliphatic imine (C=N–C) groups is 1. The van der Waals surface area contributed by atoms with Gasteiger partial charge >= 0.3 is 0 Å². The minimum atomic E-state index is -0.0534. The van der Waals surface area contributed by atoms with Crippen LogP contribution in [0.4, 0.5) is 0 Å². The average molecular weight is 521 g/mol. The first-order valence-electron chi connectivity index (χ1n) is 8.42. The number of amides is 1. The highest BCUT2D eigenvalue weighted by atomic mass is 127. The van der Waals surface area contributed by atoms with Crippen molar-refractivity contribution in [1.29, 1.82) is 0 Å². The Morgan fingerprint density at radius 2 is 2.04 bits per heavy atom. The monoisotopic (exact) mass is 520 g/mol. The normalized spacial score (nSPS) is 14.1. The van der Waals surface area contributed by atoms with Gasteiger partial charge in [0.25, 0.3) is 5.91 Å². The maximum Gasteiger partial charge on any atom is 0.251 e. The number of benzene rings is 1. The maximum atomic E-state index is 12.0. The Hall–Kier alpha value is -1.09. The van der Waals surface area contributed by atoms with Crippen LogP contribution in [0.15, 0.2) is 45.9 Å². The van der Waals surface area contributed by atoms with Crippen molar-refractivity contribution in [3.8, 4) is 0 Å². The Labute approximate surface area is 175 Å². The van der Waals surface area contributed by atoms with E-state index in [9.17, 15) is 4.79 Å². The second-order valence-corrected chi connectivity index (χ2v) is 6.58. The van der Waals surface area contributed by atoms with Crippen molar-refractivity contribution in [2.24, 2.45) is 4.99 Å². The van der Waals surface area contributed by atoms with E-state index in [4.69, 9.17) is 0 Å². The highest BCUT2D eigenvalue weighted by Crippen LogP contribution is 2.11. The molecule has 0 unspecified atom stereocenters. The molecule has 7 heteroatoms. The molecule has 0 bridgehead atoms. The summed E-state index contributed by atoms with van der Waals surface area (Å²) in [5, 5.41) is 9.62. The Kier molecular flexibility index (Phi) is 10.8. The summed E-state index contributed by atoms with van der Waals surface area (Å²) in [4.78, 5) is 16.6. The number of nitrogens with zero attached hydrogens (tertiary/aromatic N) is 1. The van der Waals surface area contributed by atoms with Gasteiger partial charge in [-0.3, -0.25) is 9.79 Å². The number of carbonyl (C=O) groups is 1. The zero-order valence-electron chi connectivity index (χ0n) is 14.4. The average Bonchev–Trinajstić information content (AvgIpc) is 3.07. The first kappa shape index (κ1) is 22.0. The number of nitrogens with one attached hydrogen (secondary N) is 3. The van der Waals surface area contributed by atoms with Crippen LogP contribution >= 0.6 is 39.9 Å². The largest absolute Gasteiger partial charge is 0.357 e. The minimum absolute atomic E-state index is 0. The molecule has 5 nitrogen and oxygen atoms in total. The van der Waals surface area contributed by atoms with Crippen LogP contribution in [0, 0.1) is 0 Å². The van der Waals surface area contributed by atoms with Gasteiger partial charge in [0.15, 0.2) is 5.96 Å². The fraction of sp³-hybridized carbons (Fsp3) is 0.444. The van der Waals surface area contributed by atoms with Gasteiger partial charge in [-0.1, -0.05) is 34.1 Å². The summed E-state index contributed by atoms with van der Waals surface area (Å²) in [7, 11) is 0. The smallest absolute Gasteiger partial charge is 0.251 e. The molecule has 0 saturated heterocycles. The summed E-state index contributed by atoms with van der Waals surface area (Å²) < 4.78 is 0.905. The van der Waals surface area contributed by atoms with Crippen LogP contribution in [0.5, 0.6) is 0 Å². The third-order valence-corrected chi connectivity index (χ3v) is 4.16. The predicted molar refractivity (Wildman–Crippen MR) is 118 cm³/mol. The predicted octanol–water partition coefficient (Wildman–Crippen LogP) is 3.46. The highest BCUT2D eigenvalue weighted by Gasteiger charge is 2.11. The number of hydrogen-bond acceptors (Lipinski definition) is 2. The van der Waals surface area contributed by atoms with E-state index in [1.165, 1.54) is 0 Å². The SMILES string of the molecule is CCNC(=NCCCNC(=O)c1cccc(Br)c1)NC1CC=CC1.I. The fourth-order valence-corrected chi connectivity index (χ4v) is 2.85. The number of halogens is 2. The summed E-state index contributed by atoms with van der Waals surface area (Å²) in [6, 6.07) is 7.83. The highest BCUT2D eigenvalue weighted by molar-refractivity contribution is 14.0. The van der Waals surface area contributed by atoms with E-state index in [0.29, 0.717) is 24.7 Å². The second kappa shape index (κ2) is 12.3. The van der Waals surface area contributed by atoms with Crippen molar-refractivity contribution in [1.82, 2.24) is 16.0 Å². The summed E-state index contributed by atoms with van der Waals surface area (Å²) in [5.41, 5.74) is 0.664. The number of rotatable bonds is 7. The van der Waals surface area contributed by atoms with Crippen LogP contribution < -0.4 is 16.0 Å². The van der Waals surface area contributed by atoms with E-state index in [2.05, 4.69) is 55.9 Å². The third kappa shape index (κ3) is 8.22. The molecule has 138 valence electrons. The number of hydrogen-bond donors (Lipinski definition) is 3. The van der Waals surface area contributed by atoms with E-state index in [1.54, 1.807) is 6.07 Å². The zero-order valence-corrected chi connectivity index (χ0v) is 18.3. The zero-order chi connectivity index (χ0) is 17.2. The molecule has 1 aliphatic rings. The number of guanidine groups is 1. The summed E-state index contributed by atoms with van der Waals surface area (Å²) in [6.45, 7) is 4.18. The van der Waals surface area contributed by atoms with Crippen LogP contribution in [-0.4, -0.2) is 37.5 Å². The molecule has 0 spiro atoms. The van der Waals surface area contributed by atoms with Gasteiger partial charge in [-0.05, 0) is 44.4 Å². The van der Waals surface area contributed by atoms with Crippen LogP contribution in [0.1, 0.15) is 36.5 Å². The molecule has 1 aromatic rings. The molecule has 0 saturated carbocycles. The molecule has 0 aromatic heterocycles. The van der Waals surface area contributed by atoms with E-state index < -0.39 is 0 Å². The molecule has 25 heavy (non-hydrogen) atoms. The Morgan fingerprint density at radius 3 is 2.72 bits per heavy atom. The van der Waals surface area contributed by atoms with Crippen LogP contribution in [-0.2, 0) is 0 Å². The second-order valence-electron chi connectivity index (χ2n) is 5.66. The van der Waals surface area contributed by atoms with Gasteiger partial charge in [0.1, 0.15) is 0 Å². The quantitative estimate of drug-likeness (QED) is 0.169. The lowest BCUT2D eigenvalue weighted by Crippen LogP contribution is -2.42. The molecule has 1 aliphatic carbocycles. The minimum Gasteiger partial charge on any atom is -0.357 e. The van der Waals surface area contributed by atoms with Crippen molar-refractivity contribution < 1.29 is 4.79 Å². The van der Waals surface area contributed by atoms with E-state index in [1.807, 2.05) is 18.2 Å². The molecule has 0 heterocycles.